The number of likely N-dealkylation sites (N-methyl/N-ethyl adjacent to an activating group) is 1. The van der Waals surface area contributed by atoms with Crippen LogP contribution in [0.4, 0.5) is 4.39 Å². The number of benzene rings is 1. The molecule has 0 atom stereocenters. The van der Waals surface area contributed by atoms with Gasteiger partial charge in [-0.2, -0.15) is 4.31 Å². The van der Waals surface area contributed by atoms with Gasteiger partial charge in [-0.1, -0.05) is 19.9 Å². The number of hydrogen-bond donors (Lipinski definition) is 1. The van der Waals surface area contributed by atoms with Crippen molar-refractivity contribution in [2.75, 3.05) is 13.6 Å². The maximum Gasteiger partial charge on any atom is 0.243 e. The molecule has 0 unspecified atom stereocenters. The average molecular weight is 314 g/mol. The highest BCUT2D eigenvalue weighted by Gasteiger charge is 2.24. The Morgan fingerprint density at radius 3 is 2.57 bits per heavy atom. The fourth-order valence-electron chi connectivity index (χ4n) is 1.85. The van der Waals surface area contributed by atoms with Crippen molar-refractivity contribution in [1.82, 2.24) is 9.62 Å². The first-order valence-corrected chi connectivity index (χ1v) is 8.23. The molecule has 21 heavy (non-hydrogen) atoms. The second-order valence-corrected chi connectivity index (χ2v) is 7.32. The predicted molar refractivity (Wildman–Crippen MR) is 83.1 cm³/mol. The fraction of sp³-hybridized carbons (Fsp3) is 0.467. The number of sulfonamides is 1. The summed E-state index contributed by atoms with van der Waals surface area (Å²) < 4.78 is 40.1. The van der Waals surface area contributed by atoms with Crippen LogP contribution in [0.2, 0.25) is 0 Å². The molecule has 1 rings (SSSR count). The fourth-order valence-corrected chi connectivity index (χ4v) is 3.27. The maximum atomic E-state index is 14.0. The monoisotopic (exact) mass is 314 g/mol. The van der Waals surface area contributed by atoms with E-state index in [-0.39, 0.29) is 23.0 Å². The van der Waals surface area contributed by atoms with Gasteiger partial charge in [-0.25, -0.2) is 12.8 Å². The third-order valence-electron chi connectivity index (χ3n) is 3.15. The summed E-state index contributed by atoms with van der Waals surface area (Å²) in [5.41, 5.74) is 0.747. The highest BCUT2D eigenvalue weighted by molar-refractivity contribution is 7.89. The molecule has 1 aromatic carbocycles. The topological polar surface area (TPSA) is 49.4 Å². The van der Waals surface area contributed by atoms with E-state index < -0.39 is 15.8 Å². The molecule has 0 spiro atoms. The summed E-state index contributed by atoms with van der Waals surface area (Å²) in [6.45, 7) is 9.54. The molecule has 0 aliphatic rings. The largest absolute Gasteiger partial charge is 0.310 e. The van der Waals surface area contributed by atoms with Crippen molar-refractivity contribution < 1.29 is 12.8 Å². The summed E-state index contributed by atoms with van der Waals surface area (Å²) in [6, 6.07) is 3.14. The highest BCUT2D eigenvalue weighted by Crippen LogP contribution is 2.23. The van der Waals surface area contributed by atoms with E-state index in [0.29, 0.717) is 12.1 Å². The van der Waals surface area contributed by atoms with Gasteiger partial charge in [-0.05, 0) is 24.6 Å². The van der Waals surface area contributed by atoms with Gasteiger partial charge in [-0.15, -0.1) is 6.58 Å². The maximum absolute atomic E-state index is 14.0. The van der Waals surface area contributed by atoms with Crippen molar-refractivity contribution in [3.8, 4) is 0 Å². The zero-order valence-corrected chi connectivity index (χ0v) is 13.8. The minimum Gasteiger partial charge on any atom is -0.310 e. The lowest BCUT2D eigenvalue weighted by Gasteiger charge is -2.18. The van der Waals surface area contributed by atoms with Gasteiger partial charge in [0.15, 0.2) is 0 Å². The Morgan fingerprint density at radius 2 is 2.05 bits per heavy atom. The van der Waals surface area contributed by atoms with Gasteiger partial charge in [0.05, 0.1) is 4.90 Å². The quantitative estimate of drug-likeness (QED) is 0.787. The van der Waals surface area contributed by atoms with Crippen molar-refractivity contribution in [1.29, 1.82) is 0 Å². The van der Waals surface area contributed by atoms with Crippen LogP contribution in [0.5, 0.6) is 0 Å². The van der Waals surface area contributed by atoms with Gasteiger partial charge in [0.2, 0.25) is 10.0 Å². The number of halogens is 1. The zero-order chi connectivity index (χ0) is 16.2. The van der Waals surface area contributed by atoms with Gasteiger partial charge in [-0.3, -0.25) is 0 Å². The number of hydrogen-bond acceptors (Lipinski definition) is 3. The molecule has 1 aromatic rings. The summed E-state index contributed by atoms with van der Waals surface area (Å²) in [7, 11) is -2.27. The SMILES string of the molecule is C=CCN(C)S(=O)(=O)c1cc(CNC(C)C)cc(F)c1C. The molecule has 6 heteroatoms. The second kappa shape index (κ2) is 7.15. The molecular weight excluding hydrogens is 291 g/mol. The summed E-state index contributed by atoms with van der Waals surface area (Å²) in [6.07, 6.45) is 1.49. The summed E-state index contributed by atoms with van der Waals surface area (Å²) in [5, 5.41) is 3.15. The van der Waals surface area contributed by atoms with Crippen molar-refractivity contribution in [2.45, 2.75) is 38.3 Å². The second-order valence-electron chi connectivity index (χ2n) is 5.31. The summed E-state index contributed by atoms with van der Waals surface area (Å²) >= 11 is 0. The van der Waals surface area contributed by atoms with Crippen LogP contribution in [-0.4, -0.2) is 32.4 Å². The average Bonchev–Trinajstić information content (AvgIpc) is 2.39. The normalized spacial score (nSPS) is 12.1. The van der Waals surface area contributed by atoms with Crippen LogP contribution in [-0.2, 0) is 16.6 Å². The van der Waals surface area contributed by atoms with E-state index in [1.807, 2.05) is 13.8 Å². The molecule has 0 aliphatic carbocycles. The Kier molecular flexibility index (Phi) is 6.07. The Bertz CT molecular complexity index is 612. The lowest BCUT2D eigenvalue weighted by Crippen LogP contribution is -2.28. The first-order valence-electron chi connectivity index (χ1n) is 6.79. The van der Waals surface area contributed by atoms with E-state index in [9.17, 15) is 12.8 Å². The van der Waals surface area contributed by atoms with Gasteiger partial charge in [0.25, 0.3) is 0 Å². The summed E-state index contributed by atoms with van der Waals surface area (Å²) in [4.78, 5) is 0.00686. The third kappa shape index (κ3) is 4.36. The van der Waals surface area contributed by atoms with Crippen LogP contribution in [0.1, 0.15) is 25.0 Å². The van der Waals surface area contributed by atoms with Gasteiger partial charge in [0.1, 0.15) is 5.82 Å². The van der Waals surface area contributed by atoms with Crippen molar-refractivity contribution >= 4 is 10.0 Å². The minimum atomic E-state index is -3.72. The molecule has 1 N–H and O–H groups in total. The molecule has 0 bridgehead atoms. The van der Waals surface area contributed by atoms with Crippen LogP contribution in [0, 0.1) is 12.7 Å². The third-order valence-corrected chi connectivity index (χ3v) is 5.09. The molecule has 0 fully saturated rings. The lowest BCUT2D eigenvalue weighted by atomic mass is 10.1. The number of nitrogens with zero attached hydrogens (tertiary/aromatic N) is 1. The molecule has 0 saturated carbocycles. The highest BCUT2D eigenvalue weighted by atomic mass is 32.2. The predicted octanol–water partition coefficient (Wildman–Crippen LogP) is 2.44. The molecule has 118 valence electrons. The Labute approximate surface area is 126 Å². The molecule has 0 radical (unpaired) electrons. The van der Waals surface area contributed by atoms with E-state index >= 15 is 0 Å². The van der Waals surface area contributed by atoms with Crippen LogP contribution < -0.4 is 5.32 Å². The van der Waals surface area contributed by atoms with Crippen LogP contribution >= 0.6 is 0 Å². The van der Waals surface area contributed by atoms with Crippen molar-refractivity contribution in [3.05, 3.63) is 41.7 Å². The van der Waals surface area contributed by atoms with Gasteiger partial charge < -0.3 is 5.32 Å². The standard InChI is InChI=1S/C15H23FN2O2S/c1-6-7-18(5)21(19,20)15-9-13(10-17-11(2)3)8-14(16)12(15)4/h6,8-9,11,17H,1,7,10H2,2-5H3. The van der Waals surface area contributed by atoms with E-state index in [0.717, 1.165) is 4.31 Å². The lowest BCUT2D eigenvalue weighted by molar-refractivity contribution is 0.496. The van der Waals surface area contributed by atoms with E-state index in [1.165, 1.54) is 32.2 Å². The van der Waals surface area contributed by atoms with E-state index in [2.05, 4.69) is 11.9 Å². The van der Waals surface area contributed by atoms with Crippen LogP contribution in [0.3, 0.4) is 0 Å². The molecule has 0 saturated heterocycles. The zero-order valence-electron chi connectivity index (χ0n) is 13.0. The first kappa shape index (κ1) is 17.8. The molecule has 0 heterocycles. The van der Waals surface area contributed by atoms with Crippen molar-refractivity contribution in [2.24, 2.45) is 0 Å². The molecular formula is C15H23FN2O2S. The Hall–Kier alpha value is -1.24. The van der Waals surface area contributed by atoms with Gasteiger partial charge in [0, 0.05) is 31.7 Å². The number of rotatable bonds is 7. The van der Waals surface area contributed by atoms with Crippen LogP contribution in [0.15, 0.2) is 29.7 Å². The molecule has 0 amide bonds. The van der Waals surface area contributed by atoms with E-state index in [1.54, 1.807) is 0 Å². The van der Waals surface area contributed by atoms with Crippen LogP contribution in [0.25, 0.3) is 0 Å². The first-order chi connectivity index (χ1) is 9.70. The molecule has 0 aromatic heterocycles. The van der Waals surface area contributed by atoms with Crippen molar-refractivity contribution in [3.63, 3.8) is 0 Å². The molecule has 4 nitrogen and oxygen atoms in total. The minimum absolute atomic E-state index is 0.00686. The Balaban J connectivity index is 3.25. The number of nitrogens with one attached hydrogen (secondary N) is 1. The smallest absolute Gasteiger partial charge is 0.243 e. The summed E-state index contributed by atoms with van der Waals surface area (Å²) in [5.74, 6) is -0.511. The van der Waals surface area contributed by atoms with Gasteiger partial charge >= 0.3 is 0 Å². The molecule has 0 aliphatic heterocycles. The van der Waals surface area contributed by atoms with E-state index in [4.69, 9.17) is 0 Å². The Morgan fingerprint density at radius 1 is 1.43 bits per heavy atom.